The van der Waals surface area contributed by atoms with E-state index in [1.165, 1.54) is 11.3 Å². The maximum Gasteiger partial charge on any atom is 0.308 e. The van der Waals surface area contributed by atoms with Gasteiger partial charge in [-0.15, -0.1) is 11.3 Å². The molecule has 1 heterocycles. The lowest BCUT2D eigenvalue weighted by Gasteiger charge is -2.16. The Morgan fingerprint density at radius 2 is 2.00 bits per heavy atom. The Labute approximate surface area is 128 Å². The summed E-state index contributed by atoms with van der Waals surface area (Å²) in [6.45, 7) is 2.80. The van der Waals surface area contributed by atoms with Gasteiger partial charge in [-0.2, -0.15) is 0 Å². The molecular weight excluding hydrogens is 286 g/mol. The number of rotatable bonds is 7. The molecule has 0 unspecified atom stereocenters. The maximum atomic E-state index is 10.7. The molecular formula is C16H19NO3S. The minimum Gasteiger partial charge on any atom is -0.496 e. The number of carboxylic acid groups (broad SMARTS) is 1. The van der Waals surface area contributed by atoms with Crippen molar-refractivity contribution in [1.29, 1.82) is 0 Å². The Morgan fingerprint density at radius 3 is 2.71 bits per heavy atom. The van der Waals surface area contributed by atoms with E-state index in [-0.39, 0.29) is 12.5 Å². The molecule has 0 spiro atoms. The summed E-state index contributed by atoms with van der Waals surface area (Å²) in [6, 6.07) is 11.9. The third-order valence-electron chi connectivity index (χ3n) is 3.23. The molecule has 0 aliphatic rings. The second kappa shape index (κ2) is 7.24. The number of carboxylic acids is 1. The standard InChI is InChI=1S/C16H19NO3S/c1-11(14-5-3-4-6-15(14)20-2)17-10-13-8-7-12(21-13)9-16(18)19/h3-8,11,17H,9-10H2,1-2H3,(H,18,19)/t11-/m1/s1. The lowest BCUT2D eigenvalue weighted by Crippen LogP contribution is -2.18. The van der Waals surface area contributed by atoms with Gasteiger partial charge in [-0.3, -0.25) is 4.79 Å². The largest absolute Gasteiger partial charge is 0.496 e. The highest BCUT2D eigenvalue weighted by Crippen LogP contribution is 2.25. The first-order chi connectivity index (χ1) is 10.1. The average molecular weight is 305 g/mol. The molecule has 112 valence electrons. The summed E-state index contributed by atoms with van der Waals surface area (Å²) in [4.78, 5) is 12.7. The van der Waals surface area contributed by atoms with Crippen molar-refractivity contribution in [3.8, 4) is 5.75 Å². The number of hydrogen-bond donors (Lipinski definition) is 2. The quantitative estimate of drug-likeness (QED) is 0.824. The zero-order valence-electron chi connectivity index (χ0n) is 12.1. The first kappa shape index (κ1) is 15.5. The van der Waals surface area contributed by atoms with E-state index in [1.807, 2.05) is 36.4 Å². The van der Waals surface area contributed by atoms with Crippen LogP contribution in [0, 0.1) is 0 Å². The molecule has 4 nitrogen and oxygen atoms in total. The van der Waals surface area contributed by atoms with Gasteiger partial charge in [0.15, 0.2) is 0 Å². The second-order valence-corrected chi connectivity index (χ2v) is 6.04. The van der Waals surface area contributed by atoms with Gasteiger partial charge in [-0.25, -0.2) is 0 Å². The monoisotopic (exact) mass is 305 g/mol. The number of aliphatic carboxylic acids is 1. The van der Waals surface area contributed by atoms with Crippen LogP contribution >= 0.6 is 11.3 Å². The van der Waals surface area contributed by atoms with E-state index in [1.54, 1.807) is 7.11 Å². The minimum absolute atomic E-state index is 0.0900. The van der Waals surface area contributed by atoms with Gasteiger partial charge in [0.1, 0.15) is 5.75 Å². The topological polar surface area (TPSA) is 58.6 Å². The predicted octanol–water partition coefficient (Wildman–Crippen LogP) is 3.23. The highest BCUT2D eigenvalue weighted by molar-refractivity contribution is 7.12. The maximum absolute atomic E-state index is 10.7. The number of methoxy groups -OCH3 is 1. The molecule has 2 N–H and O–H groups in total. The van der Waals surface area contributed by atoms with Crippen molar-refractivity contribution in [2.45, 2.75) is 25.9 Å². The molecule has 1 aromatic heterocycles. The average Bonchev–Trinajstić information content (AvgIpc) is 2.91. The van der Waals surface area contributed by atoms with Crippen LogP contribution in [0.15, 0.2) is 36.4 Å². The smallest absolute Gasteiger partial charge is 0.308 e. The summed E-state index contributed by atoms with van der Waals surface area (Å²) >= 11 is 1.53. The predicted molar refractivity (Wildman–Crippen MR) is 83.9 cm³/mol. The highest BCUT2D eigenvalue weighted by Gasteiger charge is 2.11. The Hall–Kier alpha value is -1.85. The van der Waals surface area contributed by atoms with Crippen molar-refractivity contribution in [3.63, 3.8) is 0 Å². The fraction of sp³-hybridized carbons (Fsp3) is 0.312. The van der Waals surface area contributed by atoms with Gasteiger partial charge in [0.2, 0.25) is 0 Å². The third kappa shape index (κ3) is 4.31. The highest BCUT2D eigenvalue weighted by atomic mass is 32.1. The van der Waals surface area contributed by atoms with E-state index in [0.717, 1.165) is 21.1 Å². The number of carbonyl (C=O) groups is 1. The van der Waals surface area contributed by atoms with E-state index < -0.39 is 5.97 Å². The number of hydrogen-bond acceptors (Lipinski definition) is 4. The van der Waals surface area contributed by atoms with E-state index in [0.29, 0.717) is 6.54 Å². The Kier molecular flexibility index (Phi) is 5.36. The molecule has 0 saturated carbocycles. The van der Waals surface area contributed by atoms with Crippen LogP contribution in [-0.2, 0) is 17.8 Å². The lowest BCUT2D eigenvalue weighted by atomic mass is 10.1. The fourth-order valence-corrected chi connectivity index (χ4v) is 3.11. The fourth-order valence-electron chi connectivity index (χ4n) is 2.15. The molecule has 5 heteroatoms. The van der Waals surface area contributed by atoms with Crippen molar-refractivity contribution in [1.82, 2.24) is 5.32 Å². The first-order valence-corrected chi connectivity index (χ1v) is 7.57. The van der Waals surface area contributed by atoms with Crippen molar-refractivity contribution < 1.29 is 14.6 Å². The van der Waals surface area contributed by atoms with Gasteiger partial charge in [-0.1, -0.05) is 18.2 Å². The van der Waals surface area contributed by atoms with Crippen molar-refractivity contribution >= 4 is 17.3 Å². The molecule has 1 aromatic carbocycles. The summed E-state index contributed by atoms with van der Waals surface area (Å²) < 4.78 is 5.36. The summed E-state index contributed by atoms with van der Waals surface area (Å²) in [5.74, 6) is 0.0778. The van der Waals surface area contributed by atoms with Crippen LogP contribution in [0.4, 0.5) is 0 Å². The molecule has 0 aliphatic carbocycles. The number of nitrogens with one attached hydrogen (secondary N) is 1. The lowest BCUT2D eigenvalue weighted by molar-refractivity contribution is -0.136. The number of para-hydroxylation sites is 1. The Morgan fingerprint density at radius 1 is 1.29 bits per heavy atom. The molecule has 21 heavy (non-hydrogen) atoms. The molecule has 2 rings (SSSR count). The van der Waals surface area contributed by atoms with Gasteiger partial charge in [0.05, 0.1) is 13.5 Å². The number of benzene rings is 1. The zero-order chi connectivity index (χ0) is 15.2. The van der Waals surface area contributed by atoms with Crippen molar-refractivity contribution in [3.05, 3.63) is 51.7 Å². The van der Waals surface area contributed by atoms with Crippen LogP contribution in [0.1, 0.15) is 28.3 Å². The summed E-state index contributed by atoms with van der Waals surface area (Å²) in [7, 11) is 1.67. The van der Waals surface area contributed by atoms with Gasteiger partial charge in [0, 0.05) is 27.9 Å². The van der Waals surface area contributed by atoms with E-state index >= 15 is 0 Å². The number of thiophene rings is 1. The summed E-state index contributed by atoms with van der Waals surface area (Å²) in [6.07, 6.45) is 0.0900. The van der Waals surface area contributed by atoms with Crippen LogP contribution in [0.2, 0.25) is 0 Å². The molecule has 2 aromatic rings. The van der Waals surface area contributed by atoms with Crippen LogP contribution in [-0.4, -0.2) is 18.2 Å². The van der Waals surface area contributed by atoms with E-state index in [2.05, 4.69) is 12.2 Å². The van der Waals surface area contributed by atoms with Crippen LogP contribution in [0.3, 0.4) is 0 Å². The first-order valence-electron chi connectivity index (χ1n) is 6.76. The Balaban J connectivity index is 1.96. The summed E-state index contributed by atoms with van der Waals surface area (Å²) in [5.41, 5.74) is 1.11. The summed E-state index contributed by atoms with van der Waals surface area (Å²) in [5, 5.41) is 12.2. The molecule has 0 amide bonds. The second-order valence-electron chi connectivity index (χ2n) is 4.78. The van der Waals surface area contributed by atoms with Crippen LogP contribution in [0.5, 0.6) is 5.75 Å². The SMILES string of the molecule is COc1ccccc1[C@@H](C)NCc1ccc(CC(=O)O)s1. The van der Waals surface area contributed by atoms with Crippen LogP contribution < -0.4 is 10.1 Å². The van der Waals surface area contributed by atoms with Crippen LogP contribution in [0.25, 0.3) is 0 Å². The molecule has 0 aliphatic heterocycles. The molecule has 0 fully saturated rings. The van der Waals surface area contributed by atoms with Crippen molar-refractivity contribution in [2.75, 3.05) is 7.11 Å². The number of ether oxygens (including phenoxy) is 1. The minimum atomic E-state index is -0.793. The molecule has 0 radical (unpaired) electrons. The zero-order valence-corrected chi connectivity index (χ0v) is 12.9. The Bertz CT molecular complexity index is 609. The molecule has 0 saturated heterocycles. The van der Waals surface area contributed by atoms with Gasteiger partial charge >= 0.3 is 5.97 Å². The molecule has 0 bridgehead atoms. The van der Waals surface area contributed by atoms with Crippen molar-refractivity contribution in [2.24, 2.45) is 0 Å². The third-order valence-corrected chi connectivity index (χ3v) is 4.32. The van der Waals surface area contributed by atoms with Gasteiger partial charge < -0.3 is 15.2 Å². The normalized spacial score (nSPS) is 12.1. The van der Waals surface area contributed by atoms with Gasteiger partial charge in [-0.05, 0) is 25.1 Å². The van der Waals surface area contributed by atoms with Gasteiger partial charge in [0.25, 0.3) is 0 Å². The molecule has 1 atom stereocenters. The van der Waals surface area contributed by atoms with E-state index in [9.17, 15) is 4.79 Å². The van der Waals surface area contributed by atoms with E-state index in [4.69, 9.17) is 9.84 Å².